The summed E-state index contributed by atoms with van der Waals surface area (Å²) < 4.78 is 7.60. The maximum Gasteiger partial charge on any atom is 0.262 e. The van der Waals surface area contributed by atoms with E-state index in [0.29, 0.717) is 11.9 Å². The molecular formula is C22H25N3O2S. The molecule has 0 radical (unpaired) electrons. The first-order valence-electron chi connectivity index (χ1n) is 9.62. The quantitative estimate of drug-likeness (QED) is 0.467. The number of thioether (sulfide) groups is 1. The van der Waals surface area contributed by atoms with Gasteiger partial charge in [0.1, 0.15) is 0 Å². The Hall–Kier alpha value is -2.31. The SMILES string of the molecule is CN(C)c1ccccc1CSc1nc2ccccc2c(=O)n1CC1CCCO1. The fourth-order valence-electron chi connectivity index (χ4n) is 3.62. The fraction of sp³-hybridized carbons (Fsp3) is 0.364. The van der Waals surface area contributed by atoms with Crippen molar-refractivity contribution in [2.45, 2.75) is 36.4 Å². The van der Waals surface area contributed by atoms with Crippen molar-refractivity contribution in [3.05, 3.63) is 64.4 Å². The lowest BCUT2D eigenvalue weighted by atomic mass is 10.2. The third-order valence-corrected chi connectivity index (χ3v) is 6.09. The van der Waals surface area contributed by atoms with E-state index in [4.69, 9.17) is 9.72 Å². The third-order valence-electron chi connectivity index (χ3n) is 5.07. The highest BCUT2D eigenvalue weighted by Gasteiger charge is 2.20. The first kappa shape index (κ1) is 19.0. The molecule has 1 aliphatic heterocycles. The zero-order chi connectivity index (χ0) is 19.5. The smallest absolute Gasteiger partial charge is 0.262 e. The number of benzene rings is 2. The molecule has 0 N–H and O–H groups in total. The molecule has 6 heteroatoms. The molecule has 1 aliphatic rings. The average molecular weight is 396 g/mol. The molecule has 5 nitrogen and oxygen atoms in total. The van der Waals surface area contributed by atoms with Gasteiger partial charge in [0.15, 0.2) is 5.16 Å². The van der Waals surface area contributed by atoms with Crippen LogP contribution >= 0.6 is 11.8 Å². The predicted molar refractivity (Wildman–Crippen MR) is 115 cm³/mol. The number of rotatable bonds is 6. The van der Waals surface area contributed by atoms with Gasteiger partial charge in [-0.05, 0) is 36.6 Å². The molecular weight excluding hydrogens is 370 g/mol. The number of para-hydroxylation sites is 2. The minimum atomic E-state index is 0.0181. The summed E-state index contributed by atoms with van der Waals surface area (Å²) in [5, 5.41) is 1.42. The van der Waals surface area contributed by atoms with Gasteiger partial charge in [-0.25, -0.2) is 4.98 Å². The summed E-state index contributed by atoms with van der Waals surface area (Å²) in [5.74, 6) is 0.755. The van der Waals surface area contributed by atoms with Crippen molar-refractivity contribution in [3.63, 3.8) is 0 Å². The minimum absolute atomic E-state index is 0.0181. The molecule has 146 valence electrons. The summed E-state index contributed by atoms with van der Waals surface area (Å²) in [4.78, 5) is 20.1. The molecule has 1 atom stereocenters. The highest BCUT2D eigenvalue weighted by atomic mass is 32.2. The molecule has 3 aromatic rings. The van der Waals surface area contributed by atoms with Gasteiger partial charge in [0.05, 0.1) is 23.6 Å². The van der Waals surface area contributed by atoms with E-state index in [-0.39, 0.29) is 11.7 Å². The van der Waals surface area contributed by atoms with Gasteiger partial charge < -0.3 is 9.64 Å². The first-order chi connectivity index (χ1) is 13.6. The van der Waals surface area contributed by atoms with Crippen LogP contribution < -0.4 is 10.5 Å². The van der Waals surface area contributed by atoms with Crippen molar-refractivity contribution >= 4 is 28.4 Å². The zero-order valence-corrected chi connectivity index (χ0v) is 17.1. The number of hydrogen-bond donors (Lipinski definition) is 0. The van der Waals surface area contributed by atoms with Gasteiger partial charge in [0.25, 0.3) is 5.56 Å². The highest BCUT2D eigenvalue weighted by Crippen LogP contribution is 2.28. The molecule has 0 aliphatic carbocycles. The molecule has 0 spiro atoms. The lowest BCUT2D eigenvalue weighted by molar-refractivity contribution is 0.0937. The lowest BCUT2D eigenvalue weighted by Gasteiger charge is -2.19. The lowest BCUT2D eigenvalue weighted by Crippen LogP contribution is -2.28. The van der Waals surface area contributed by atoms with Crippen LogP contribution in [-0.4, -0.2) is 36.4 Å². The second-order valence-electron chi connectivity index (χ2n) is 7.27. The van der Waals surface area contributed by atoms with Crippen molar-refractivity contribution in [2.75, 3.05) is 25.6 Å². The third kappa shape index (κ3) is 3.93. The largest absolute Gasteiger partial charge is 0.377 e. The van der Waals surface area contributed by atoms with Crippen LogP contribution in [0.1, 0.15) is 18.4 Å². The number of anilines is 1. The van der Waals surface area contributed by atoms with Crippen LogP contribution in [0.25, 0.3) is 10.9 Å². The van der Waals surface area contributed by atoms with Crippen molar-refractivity contribution in [1.29, 1.82) is 0 Å². The maximum atomic E-state index is 13.2. The molecule has 2 heterocycles. The Morgan fingerprint density at radius 2 is 1.96 bits per heavy atom. The van der Waals surface area contributed by atoms with Gasteiger partial charge in [0, 0.05) is 32.1 Å². The molecule has 1 aromatic heterocycles. The second-order valence-corrected chi connectivity index (χ2v) is 8.22. The Balaban J connectivity index is 1.69. The van der Waals surface area contributed by atoms with Crippen molar-refractivity contribution in [2.24, 2.45) is 0 Å². The molecule has 28 heavy (non-hydrogen) atoms. The molecule has 1 fully saturated rings. The van der Waals surface area contributed by atoms with E-state index >= 15 is 0 Å². The topological polar surface area (TPSA) is 47.4 Å². The molecule has 0 saturated carbocycles. The molecule has 4 rings (SSSR count). The van der Waals surface area contributed by atoms with Crippen LogP contribution in [0.5, 0.6) is 0 Å². The van der Waals surface area contributed by atoms with Gasteiger partial charge in [-0.1, -0.05) is 42.1 Å². The van der Waals surface area contributed by atoms with E-state index in [1.165, 1.54) is 11.3 Å². The molecule has 0 amide bonds. The van der Waals surface area contributed by atoms with E-state index in [2.05, 4.69) is 23.1 Å². The second kappa shape index (κ2) is 8.37. The fourth-order valence-corrected chi connectivity index (χ4v) is 4.63. The molecule has 2 aromatic carbocycles. The van der Waals surface area contributed by atoms with Crippen LogP contribution in [0, 0.1) is 0 Å². The van der Waals surface area contributed by atoms with Crippen molar-refractivity contribution < 1.29 is 4.74 Å². The maximum absolute atomic E-state index is 13.2. The Kier molecular flexibility index (Phi) is 5.69. The normalized spacial score (nSPS) is 16.6. The van der Waals surface area contributed by atoms with Crippen LogP contribution in [0.2, 0.25) is 0 Å². The van der Waals surface area contributed by atoms with E-state index in [0.717, 1.165) is 35.9 Å². The highest BCUT2D eigenvalue weighted by molar-refractivity contribution is 7.98. The van der Waals surface area contributed by atoms with E-state index in [9.17, 15) is 4.79 Å². The van der Waals surface area contributed by atoms with Gasteiger partial charge in [0.2, 0.25) is 0 Å². The summed E-state index contributed by atoms with van der Waals surface area (Å²) in [6, 6.07) is 15.9. The van der Waals surface area contributed by atoms with Crippen LogP contribution in [0.15, 0.2) is 58.5 Å². The van der Waals surface area contributed by atoms with Crippen molar-refractivity contribution in [1.82, 2.24) is 9.55 Å². The number of hydrogen-bond acceptors (Lipinski definition) is 5. The minimum Gasteiger partial charge on any atom is -0.377 e. The molecule has 1 unspecified atom stereocenters. The average Bonchev–Trinajstić information content (AvgIpc) is 3.22. The zero-order valence-electron chi connectivity index (χ0n) is 16.3. The summed E-state index contributed by atoms with van der Waals surface area (Å²) >= 11 is 1.61. The number of aromatic nitrogens is 2. The van der Waals surface area contributed by atoms with Gasteiger partial charge in [-0.2, -0.15) is 0 Å². The number of fused-ring (bicyclic) bond motifs is 1. The monoisotopic (exact) mass is 395 g/mol. The van der Waals surface area contributed by atoms with Crippen LogP contribution in [0.3, 0.4) is 0 Å². The summed E-state index contributed by atoms with van der Waals surface area (Å²) in [7, 11) is 4.09. The van der Waals surface area contributed by atoms with Crippen LogP contribution in [0.4, 0.5) is 5.69 Å². The molecule has 1 saturated heterocycles. The van der Waals surface area contributed by atoms with Crippen molar-refractivity contribution in [3.8, 4) is 0 Å². The standard InChI is InChI=1S/C22H25N3O2S/c1-24(2)20-12-6-3-8-16(20)15-28-22-23-19-11-5-4-10-18(19)21(26)25(22)14-17-9-7-13-27-17/h3-6,8,10-12,17H,7,9,13-15H2,1-2H3. The van der Waals surface area contributed by atoms with E-state index < -0.39 is 0 Å². The van der Waals surface area contributed by atoms with Crippen LogP contribution in [-0.2, 0) is 17.0 Å². The first-order valence-corrected chi connectivity index (χ1v) is 10.6. The Labute approximate surface area is 169 Å². The Morgan fingerprint density at radius 1 is 1.18 bits per heavy atom. The number of nitrogens with zero attached hydrogens (tertiary/aromatic N) is 3. The van der Waals surface area contributed by atoms with Gasteiger partial charge >= 0.3 is 0 Å². The summed E-state index contributed by atoms with van der Waals surface area (Å²) in [6.07, 6.45) is 2.14. The number of ether oxygens (including phenoxy) is 1. The Morgan fingerprint density at radius 3 is 2.75 bits per heavy atom. The Bertz CT molecular complexity index is 1030. The van der Waals surface area contributed by atoms with E-state index in [1.54, 1.807) is 16.3 Å². The predicted octanol–water partition coefficient (Wildman–Crippen LogP) is 3.93. The summed E-state index contributed by atoms with van der Waals surface area (Å²) in [5.41, 5.74) is 3.18. The molecule has 0 bridgehead atoms. The van der Waals surface area contributed by atoms with E-state index in [1.807, 2.05) is 44.4 Å². The van der Waals surface area contributed by atoms with Gasteiger partial charge in [-0.3, -0.25) is 9.36 Å². The van der Waals surface area contributed by atoms with Gasteiger partial charge in [-0.15, -0.1) is 0 Å². The summed E-state index contributed by atoms with van der Waals surface area (Å²) in [6.45, 7) is 1.34.